The summed E-state index contributed by atoms with van der Waals surface area (Å²) >= 11 is 0. The average Bonchev–Trinajstić information content (AvgIpc) is 2.76. The van der Waals surface area contributed by atoms with Crippen LogP contribution < -0.4 is 5.32 Å². The maximum absolute atomic E-state index is 11.6. The molecule has 0 bridgehead atoms. The lowest BCUT2D eigenvalue weighted by Gasteiger charge is -2.12. The van der Waals surface area contributed by atoms with E-state index in [1.54, 1.807) is 7.11 Å². The normalized spacial score (nSPS) is 14.5. The molecule has 1 aliphatic carbocycles. The highest BCUT2D eigenvalue weighted by Gasteiger charge is 2.22. The molecule has 18 heavy (non-hydrogen) atoms. The minimum Gasteiger partial charge on any atom is -0.382 e. The van der Waals surface area contributed by atoms with Gasteiger partial charge < -0.3 is 14.8 Å². The molecule has 1 aromatic rings. The fraction of sp³-hybridized carbons (Fsp3) is 0.500. The van der Waals surface area contributed by atoms with Crippen LogP contribution >= 0.6 is 0 Å². The molecule has 0 saturated carbocycles. The molecule has 0 aromatic heterocycles. The monoisotopic (exact) mass is 249 g/mol. The van der Waals surface area contributed by atoms with Crippen molar-refractivity contribution in [1.82, 2.24) is 5.32 Å². The van der Waals surface area contributed by atoms with Crippen LogP contribution in [-0.2, 0) is 27.1 Å². The van der Waals surface area contributed by atoms with E-state index >= 15 is 0 Å². The Morgan fingerprint density at radius 3 is 2.56 bits per heavy atom. The Morgan fingerprint density at radius 2 is 1.94 bits per heavy atom. The number of benzene rings is 1. The Bertz CT molecular complexity index is 381. The molecule has 1 N–H and O–H groups in total. The van der Waals surface area contributed by atoms with Gasteiger partial charge in [0.05, 0.1) is 13.2 Å². The summed E-state index contributed by atoms with van der Waals surface area (Å²) in [5.41, 5.74) is 2.67. The van der Waals surface area contributed by atoms with Crippen molar-refractivity contribution in [3.63, 3.8) is 0 Å². The van der Waals surface area contributed by atoms with Crippen LogP contribution in [0.5, 0.6) is 0 Å². The average molecular weight is 249 g/mol. The second-order valence-corrected chi connectivity index (χ2v) is 4.49. The van der Waals surface area contributed by atoms with Crippen molar-refractivity contribution in [2.45, 2.75) is 18.9 Å². The lowest BCUT2D eigenvalue weighted by atomic mass is 10.1. The Morgan fingerprint density at radius 1 is 1.28 bits per heavy atom. The van der Waals surface area contributed by atoms with Crippen molar-refractivity contribution in [2.75, 3.05) is 26.9 Å². The van der Waals surface area contributed by atoms with Gasteiger partial charge in [0, 0.05) is 13.2 Å². The van der Waals surface area contributed by atoms with E-state index < -0.39 is 0 Å². The van der Waals surface area contributed by atoms with Crippen molar-refractivity contribution >= 4 is 5.91 Å². The maximum Gasteiger partial charge on any atom is 0.246 e. The Labute approximate surface area is 107 Å². The zero-order valence-corrected chi connectivity index (χ0v) is 10.6. The van der Waals surface area contributed by atoms with Gasteiger partial charge in [0.25, 0.3) is 0 Å². The molecule has 0 unspecified atom stereocenters. The van der Waals surface area contributed by atoms with E-state index in [1.807, 2.05) is 12.1 Å². The van der Waals surface area contributed by atoms with Crippen LogP contribution in [0.1, 0.15) is 11.1 Å². The number of carbonyl (C=O) groups excluding carboxylic acids is 1. The van der Waals surface area contributed by atoms with Gasteiger partial charge in [-0.2, -0.15) is 0 Å². The molecule has 98 valence electrons. The number of ether oxygens (including phenoxy) is 2. The number of carbonyl (C=O) groups is 1. The second kappa shape index (κ2) is 6.52. The summed E-state index contributed by atoms with van der Waals surface area (Å²) < 4.78 is 10.0. The third kappa shape index (κ3) is 3.55. The maximum atomic E-state index is 11.6. The smallest absolute Gasteiger partial charge is 0.246 e. The van der Waals surface area contributed by atoms with Crippen LogP contribution in [0.25, 0.3) is 0 Å². The first-order valence-electron chi connectivity index (χ1n) is 6.22. The molecule has 0 fully saturated rings. The predicted molar refractivity (Wildman–Crippen MR) is 68.5 cm³/mol. The molecular weight excluding hydrogens is 230 g/mol. The lowest BCUT2D eigenvalue weighted by Crippen LogP contribution is -2.37. The summed E-state index contributed by atoms with van der Waals surface area (Å²) in [4.78, 5) is 11.6. The fourth-order valence-electron chi connectivity index (χ4n) is 2.24. The van der Waals surface area contributed by atoms with Gasteiger partial charge in [-0.1, -0.05) is 24.3 Å². The fourth-order valence-corrected chi connectivity index (χ4v) is 2.24. The van der Waals surface area contributed by atoms with Crippen LogP contribution in [0.3, 0.4) is 0 Å². The van der Waals surface area contributed by atoms with Gasteiger partial charge in [-0.25, -0.2) is 0 Å². The van der Waals surface area contributed by atoms with Gasteiger partial charge in [-0.3, -0.25) is 4.79 Å². The molecule has 1 aliphatic rings. The molecule has 2 rings (SSSR count). The number of fused-ring (bicyclic) bond motifs is 1. The molecule has 1 aromatic carbocycles. The lowest BCUT2D eigenvalue weighted by molar-refractivity contribution is -0.126. The van der Waals surface area contributed by atoms with Crippen LogP contribution in [0, 0.1) is 0 Å². The second-order valence-electron chi connectivity index (χ2n) is 4.49. The number of hydrogen-bond acceptors (Lipinski definition) is 3. The summed E-state index contributed by atoms with van der Waals surface area (Å²) in [5.74, 6) is -0.0519. The summed E-state index contributed by atoms with van der Waals surface area (Å²) in [5, 5.41) is 3.00. The van der Waals surface area contributed by atoms with E-state index in [1.165, 1.54) is 11.1 Å². The summed E-state index contributed by atoms with van der Waals surface area (Å²) in [6.07, 6.45) is 1.83. The van der Waals surface area contributed by atoms with Gasteiger partial charge in [0.1, 0.15) is 6.61 Å². The van der Waals surface area contributed by atoms with E-state index in [-0.39, 0.29) is 18.6 Å². The minimum atomic E-state index is -0.0519. The number of rotatable bonds is 6. The molecule has 0 saturated heterocycles. The third-order valence-corrected chi connectivity index (χ3v) is 3.08. The van der Waals surface area contributed by atoms with Gasteiger partial charge in [-0.15, -0.1) is 0 Å². The molecular formula is C14H19NO3. The van der Waals surface area contributed by atoms with Crippen LogP contribution in [0.15, 0.2) is 24.3 Å². The van der Waals surface area contributed by atoms with Crippen molar-refractivity contribution < 1.29 is 14.3 Å². The van der Waals surface area contributed by atoms with Crippen molar-refractivity contribution in [3.05, 3.63) is 35.4 Å². The number of hydrogen-bond donors (Lipinski definition) is 1. The minimum absolute atomic E-state index is 0.0519. The SMILES string of the molecule is COCCOCC(=O)NC1Cc2ccccc2C1. The largest absolute Gasteiger partial charge is 0.382 e. The molecule has 4 nitrogen and oxygen atoms in total. The third-order valence-electron chi connectivity index (χ3n) is 3.08. The van der Waals surface area contributed by atoms with E-state index in [0.29, 0.717) is 13.2 Å². The first kappa shape index (κ1) is 13.1. The highest BCUT2D eigenvalue weighted by molar-refractivity contribution is 5.77. The summed E-state index contributed by atoms with van der Waals surface area (Å²) in [6, 6.07) is 8.53. The van der Waals surface area contributed by atoms with Gasteiger partial charge in [-0.05, 0) is 24.0 Å². The van der Waals surface area contributed by atoms with E-state index in [4.69, 9.17) is 9.47 Å². The Balaban J connectivity index is 1.71. The van der Waals surface area contributed by atoms with Crippen LogP contribution in [0.2, 0.25) is 0 Å². The van der Waals surface area contributed by atoms with Crippen LogP contribution in [0.4, 0.5) is 0 Å². The van der Waals surface area contributed by atoms with E-state index in [9.17, 15) is 4.79 Å². The predicted octanol–water partition coefficient (Wildman–Crippen LogP) is 0.933. The number of methoxy groups -OCH3 is 1. The molecule has 4 heteroatoms. The zero-order chi connectivity index (χ0) is 12.8. The van der Waals surface area contributed by atoms with Crippen molar-refractivity contribution in [2.24, 2.45) is 0 Å². The van der Waals surface area contributed by atoms with Gasteiger partial charge in [0.2, 0.25) is 5.91 Å². The first-order valence-corrected chi connectivity index (χ1v) is 6.22. The molecule has 1 amide bonds. The highest BCUT2D eigenvalue weighted by atomic mass is 16.5. The quantitative estimate of drug-likeness (QED) is 0.763. The number of nitrogens with one attached hydrogen (secondary N) is 1. The molecule has 0 radical (unpaired) electrons. The van der Waals surface area contributed by atoms with Gasteiger partial charge in [0.15, 0.2) is 0 Å². The Kier molecular flexibility index (Phi) is 4.73. The Hall–Kier alpha value is -1.39. The zero-order valence-electron chi connectivity index (χ0n) is 10.6. The van der Waals surface area contributed by atoms with E-state index in [2.05, 4.69) is 17.4 Å². The van der Waals surface area contributed by atoms with Crippen molar-refractivity contribution in [3.8, 4) is 0 Å². The standard InChI is InChI=1S/C14H19NO3/c1-17-6-7-18-10-14(16)15-13-8-11-4-2-3-5-12(11)9-13/h2-5,13H,6-10H2,1H3,(H,15,16). The highest BCUT2D eigenvalue weighted by Crippen LogP contribution is 2.21. The van der Waals surface area contributed by atoms with E-state index in [0.717, 1.165) is 12.8 Å². The summed E-state index contributed by atoms with van der Waals surface area (Å²) in [6.45, 7) is 1.08. The van der Waals surface area contributed by atoms with Gasteiger partial charge >= 0.3 is 0 Å². The van der Waals surface area contributed by atoms with Crippen molar-refractivity contribution in [1.29, 1.82) is 0 Å². The molecule has 0 heterocycles. The molecule has 0 atom stereocenters. The molecule has 0 aliphatic heterocycles. The first-order chi connectivity index (χ1) is 8.79. The van der Waals surface area contributed by atoms with Crippen LogP contribution in [-0.4, -0.2) is 38.9 Å². The number of amides is 1. The summed E-state index contributed by atoms with van der Waals surface area (Å²) in [7, 11) is 1.61. The topological polar surface area (TPSA) is 47.6 Å². The molecule has 0 spiro atoms.